The minimum Gasteiger partial charge on any atom is -0.303 e. The van der Waals surface area contributed by atoms with Gasteiger partial charge in [0.25, 0.3) is 0 Å². The molecule has 0 amide bonds. The number of sulfonamides is 1. The van der Waals surface area contributed by atoms with Gasteiger partial charge in [0.15, 0.2) is 0 Å². The second-order valence-corrected chi connectivity index (χ2v) is 7.27. The molecule has 0 saturated heterocycles. The maximum atomic E-state index is 12.4. The summed E-state index contributed by atoms with van der Waals surface area (Å²) in [5.74, 6) is 0. The molecule has 0 saturated carbocycles. The topological polar surface area (TPSA) is 63.2 Å². The Kier molecular flexibility index (Phi) is 6.07. The summed E-state index contributed by atoms with van der Waals surface area (Å²) in [6.07, 6.45) is 2.22. The molecule has 0 bridgehead atoms. The summed E-state index contributed by atoms with van der Waals surface area (Å²) < 4.78 is 27.5. The molecule has 1 N–H and O–H groups in total. The number of carbonyl (C=O) groups is 1. The van der Waals surface area contributed by atoms with E-state index in [1.54, 1.807) is 24.3 Å². The molecule has 5 heteroatoms. The molecular formula is C18H21NO3S. The third kappa shape index (κ3) is 5.30. The SMILES string of the molecule is Cc1ccc(S(=O)(=O)N[C@@H](CC=O)CCc2ccccc2)cc1. The van der Waals surface area contributed by atoms with Gasteiger partial charge in [-0.1, -0.05) is 48.0 Å². The monoisotopic (exact) mass is 331 g/mol. The first-order valence-corrected chi connectivity index (χ1v) is 9.06. The Bertz CT molecular complexity index is 725. The summed E-state index contributed by atoms with van der Waals surface area (Å²) in [7, 11) is -3.61. The van der Waals surface area contributed by atoms with Gasteiger partial charge in [-0.05, 0) is 37.5 Å². The highest BCUT2D eigenvalue weighted by molar-refractivity contribution is 7.89. The molecular weight excluding hydrogens is 310 g/mol. The van der Waals surface area contributed by atoms with Crippen molar-refractivity contribution in [3.8, 4) is 0 Å². The van der Waals surface area contributed by atoms with Gasteiger partial charge in [-0.3, -0.25) is 0 Å². The maximum Gasteiger partial charge on any atom is 0.240 e. The standard InChI is InChI=1S/C18H21NO3S/c1-15-7-11-18(12-8-15)23(21,22)19-17(13-14-20)10-9-16-5-3-2-4-6-16/h2-8,11-12,14,17,19H,9-10,13H2,1H3/t17-/m1/s1. The predicted octanol–water partition coefficient (Wildman–Crippen LogP) is 2.86. The van der Waals surface area contributed by atoms with E-state index in [2.05, 4.69) is 4.72 Å². The number of aryl methyl sites for hydroxylation is 2. The van der Waals surface area contributed by atoms with E-state index in [1.165, 1.54) is 0 Å². The second-order valence-electron chi connectivity index (χ2n) is 5.56. The molecule has 122 valence electrons. The Morgan fingerprint density at radius 2 is 1.70 bits per heavy atom. The first-order valence-electron chi connectivity index (χ1n) is 7.58. The lowest BCUT2D eigenvalue weighted by Gasteiger charge is -2.16. The van der Waals surface area contributed by atoms with Gasteiger partial charge < -0.3 is 4.79 Å². The zero-order chi connectivity index (χ0) is 16.7. The van der Waals surface area contributed by atoms with Gasteiger partial charge in [-0.15, -0.1) is 0 Å². The second kappa shape index (κ2) is 8.04. The minimum atomic E-state index is -3.61. The Balaban J connectivity index is 2.05. The highest BCUT2D eigenvalue weighted by Crippen LogP contribution is 2.13. The lowest BCUT2D eigenvalue weighted by atomic mass is 10.0. The van der Waals surface area contributed by atoms with Crippen LogP contribution in [0.25, 0.3) is 0 Å². The lowest BCUT2D eigenvalue weighted by molar-refractivity contribution is -0.108. The fourth-order valence-electron chi connectivity index (χ4n) is 2.33. The number of hydrogen-bond acceptors (Lipinski definition) is 3. The van der Waals surface area contributed by atoms with Crippen molar-refractivity contribution in [2.24, 2.45) is 0 Å². The molecule has 0 aliphatic rings. The number of rotatable bonds is 8. The zero-order valence-electron chi connectivity index (χ0n) is 13.1. The van der Waals surface area contributed by atoms with Gasteiger partial charge in [-0.25, -0.2) is 13.1 Å². The zero-order valence-corrected chi connectivity index (χ0v) is 13.9. The molecule has 2 aromatic rings. The number of carbonyl (C=O) groups excluding carboxylic acids is 1. The van der Waals surface area contributed by atoms with Crippen molar-refractivity contribution < 1.29 is 13.2 Å². The van der Waals surface area contributed by atoms with Crippen LogP contribution in [0.3, 0.4) is 0 Å². The average molecular weight is 331 g/mol. The van der Waals surface area contributed by atoms with Crippen LogP contribution in [-0.4, -0.2) is 20.7 Å². The van der Waals surface area contributed by atoms with Crippen LogP contribution in [0.4, 0.5) is 0 Å². The predicted molar refractivity (Wildman–Crippen MR) is 90.7 cm³/mol. The number of nitrogens with one attached hydrogen (secondary N) is 1. The molecule has 4 nitrogen and oxygen atoms in total. The number of hydrogen-bond donors (Lipinski definition) is 1. The van der Waals surface area contributed by atoms with Gasteiger partial charge in [-0.2, -0.15) is 0 Å². The molecule has 0 aliphatic heterocycles. The molecule has 0 fully saturated rings. The van der Waals surface area contributed by atoms with Crippen LogP contribution in [-0.2, 0) is 21.2 Å². The van der Waals surface area contributed by atoms with Crippen LogP contribution < -0.4 is 4.72 Å². The molecule has 0 heterocycles. The molecule has 1 atom stereocenters. The van der Waals surface area contributed by atoms with Crippen LogP contribution >= 0.6 is 0 Å². The van der Waals surface area contributed by atoms with E-state index < -0.39 is 16.1 Å². The summed E-state index contributed by atoms with van der Waals surface area (Å²) in [6, 6.07) is 16.1. The van der Waals surface area contributed by atoms with Gasteiger partial charge in [0.1, 0.15) is 6.29 Å². The van der Waals surface area contributed by atoms with Crippen molar-refractivity contribution in [3.05, 3.63) is 65.7 Å². The van der Waals surface area contributed by atoms with Crippen molar-refractivity contribution in [1.82, 2.24) is 4.72 Å². The molecule has 23 heavy (non-hydrogen) atoms. The Morgan fingerprint density at radius 1 is 1.04 bits per heavy atom. The molecule has 0 spiro atoms. The molecule has 2 rings (SSSR count). The molecule has 2 aromatic carbocycles. The smallest absolute Gasteiger partial charge is 0.240 e. The van der Waals surface area contributed by atoms with E-state index in [-0.39, 0.29) is 11.3 Å². The number of benzene rings is 2. The Morgan fingerprint density at radius 3 is 2.30 bits per heavy atom. The van der Waals surface area contributed by atoms with Crippen LogP contribution in [0.15, 0.2) is 59.5 Å². The summed E-state index contributed by atoms with van der Waals surface area (Å²) in [5.41, 5.74) is 2.12. The normalized spacial score (nSPS) is 12.7. The largest absolute Gasteiger partial charge is 0.303 e. The average Bonchev–Trinajstić information content (AvgIpc) is 2.54. The third-order valence-electron chi connectivity index (χ3n) is 3.66. The van der Waals surface area contributed by atoms with Crippen LogP contribution in [0.1, 0.15) is 24.0 Å². The van der Waals surface area contributed by atoms with Crippen molar-refractivity contribution in [2.45, 2.75) is 37.1 Å². The van der Waals surface area contributed by atoms with Crippen LogP contribution in [0.5, 0.6) is 0 Å². The fraction of sp³-hybridized carbons (Fsp3) is 0.278. The van der Waals surface area contributed by atoms with E-state index in [0.29, 0.717) is 6.42 Å². The molecule has 0 radical (unpaired) electrons. The van der Waals surface area contributed by atoms with Crippen molar-refractivity contribution in [1.29, 1.82) is 0 Å². The summed E-state index contributed by atoms with van der Waals surface area (Å²) in [5, 5.41) is 0. The van der Waals surface area contributed by atoms with Gasteiger partial charge in [0.05, 0.1) is 4.90 Å². The summed E-state index contributed by atoms with van der Waals surface area (Å²) in [4.78, 5) is 11.1. The van der Waals surface area contributed by atoms with Crippen molar-refractivity contribution >= 4 is 16.3 Å². The molecule has 0 aliphatic carbocycles. The first kappa shape index (κ1) is 17.4. The maximum absolute atomic E-state index is 12.4. The van der Waals surface area contributed by atoms with E-state index in [1.807, 2.05) is 37.3 Å². The van der Waals surface area contributed by atoms with E-state index in [0.717, 1.165) is 23.8 Å². The highest BCUT2D eigenvalue weighted by Gasteiger charge is 2.19. The Hall–Kier alpha value is -1.98. The van der Waals surface area contributed by atoms with Crippen LogP contribution in [0.2, 0.25) is 0 Å². The third-order valence-corrected chi connectivity index (χ3v) is 5.19. The van der Waals surface area contributed by atoms with Gasteiger partial charge >= 0.3 is 0 Å². The van der Waals surface area contributed by atoms with Crippen LogP contribution in [0, 0.1) is 6.92 Å². The van der Waals surface area contributed by atoms with Gasteiger partial charge in [0.2, 0.25) is 10.0 Å². The number of aldehydes is 1. The van der Waals surface area contributed by atoms with E-state index in [4.69, 9.17) is 0 Å². The van der Waals surface area contributed by atoms with E-state index in [9.17, 15) is 13.2 Å². The van der Waals surface area contributed by atoms with Crippen molar-refractivity contribution in [3.63, 3.8) is 0 Å². The highest BCUT2D eigenvalue weighted by atomic mass is 32.2. The van der Waals surface area contributed by atoms with E-state index >= 15 is 0 Å². The summed E-state index contributed by atoms with van der Waals surface area (Å²) in [6.45, 7) is 1.90. The molecule has 0 unspecified atom stereocenters. The van der Waals surface area contributed by atoms with Gasteiger partial charge in [0, 0.05) is 12.5 Å². The quantitative estimate of drug-likeness (QED) is 0.757. The lowest BCUT2D eigenvalue weighted by Crippen LogP contribution is -2.35. The first-order chi connectivity index (χ1) is 11.0. The Labute approximate surface area is 137 Å². The van der Waals surface area contributed by atoms with Crippen molar-refractivity contribution in [2.75, 3.05) is 0 Å². The minimum absolute atomic E-state index is 0.165. The molecule has 0 aromatic heterocycles. The fourth-order valence-corrected chi connectivity index (χ4v) is 3.61. The summed E-state index contributed by atoms with van der Waals surface area (Å²) >= 11 is 0.